The average molecular weight is 262 g/mol. The molecule has 0 amide bonds. The highest BCUT2D eigenvalue weighted by Crippen LogP contribution is 2.40. The van der Waals surface area contributed by atoms with Crippen LogP contribution in [0.3, 0.4) is 0 Å². The summed E-state index contributed by atoms with van der Waals surface area (Å²) < 4.78 is 0. The lowest BCUT2D eigenvalue weighted by Gasteiger charge is -2.41. The van der Waals surface area contributed by atoms with E-state index in [-0.39, 0.29) is 0 Å². The van der Waals surface area contributed by atoms with Crippen molar-refractivity contribution in [1.29, 1.82) is 0 Å². The van der Waals surface area contributed by atoms with Crippen LogP contribution in [0.5, 0.6) is 0 Å². The molecule has 1 aliphatic heterocycles. The maximum absolute atomic E-state index is 5.96. The molecule has 1 aliphatic carbocycles. The molecule has 0 radical (unpaired) electrons. The maximum Gasteiger partial charge on any atom is 0.0527 e. The van der Waals surface area contributed by atoms with Crippen LogP contribution in [0.4, 0.5) is 11.4 Å². The Kier molecular flexibility index (Phi) is 3.42. The summed E-state index contributed by atoms with van der Waals surface area (Å²) in [6, 6.07) is 7.11. The number of anilines is 2. The molecule has 1 heterocycles. The first-order valence-electron chi connectivity index (χ1n) is 7.03. The molecule has 2 N–H and O–H groups in total. The number of hydrogen-bond donors (Lipinski definition) is 1. The molecule has 0 aromatic heterocycles. The number of fused-ring (bicyclic) bond motifs is 1. The summed E-state index contributed by atoms with van der Waals surface area (Å²) in [4.78, 5) is 4.03. The van der Waals surface area contributed by atoms with Crippen molar-refractivity contribution in [3.8, 4) is 0 Å². The third-order valence-corrected chi connectivity index (χ3v) is 5.27. The number of hydrogen-bond acceptors (Lipinski definition) is 3. The maximum atomic E-state index is 5.96. The van der Waals surface area contributed by atoms with Gasteiger partial charge in [0.2, 0.25) is 0 Å². The van der Waals surface area contributed by atoms with Gasteiger partial charge in [-0.2, -0.15) is 0 Å². The Balaban J connectivity index is 1.88. The van der Waals surface area contributed by atoms with Crippen LogP contribution in [0.25, 0.3) is 0 Å². The molecule has 1 fully saturated rings. The monoisotopic (exact) mass is 262 g/mol. The Hall–Kier alpha value is -0.830. The molecule has 3 heteroatoms. The first-order chi connectivity index (χ1) is 8.74. The van der Waals surface area contributed by atoms with Crippen LogP contribution in [0.1, 0.15) is 32.6 Å². The third kappa shape index (κ3) is 2.33. The van der Waals surface area contributed by atoms with E-state index in [1.54, 1.807) is 0 Å². The van der Waals surface area contributed by atoms with E-state index < -0.39 is 0 Å². The lowest BCUT2D eigenvalue weighted by atomic mass is 9.86. The van der Waals surface area contributed by atoms with Gasteiger partial charge in [0.25, 0.3) is 0 Å². The van der Waals surface area contributed by atoms with Gasteiger partial charge in [-0.15, -0.1) is 11.8 Å². The quantitative estimate of drug-likeness (QED) is 0.781. The first kappa shape index (κ1) is 12.2. The molecular formula is C15H22N2S. The standard InChI is InChI=1S/C15H22N2S/c1-11-3-2-4-13(9-11)17-7-8-18-15-6-5-12(16)10-14(15)17/h5-6,10-11,13H,2-4,7-9,16H2,1H3. The topological polar surface area (TPSA) is 29.3 Å². The fraction of sp³-hybridized carbons (Fsp3) is 0.600. The van der Waals surface area contributed by atoms with E-state index in [2.05, 4.69) is 24.0 Å². The van der Waals surface area contributed by atoms with Crippen LogP contribution in [0.2, 0.25) is 0 Å². The molecule has 18 heavy (non-hydrogen) atoms. The predicted octanol–water partition coefficient (Wildman–Crippen LogP) is 3.76. The van der Waals surface area contributed by atoms with Crippen LogP contribution in [-0.2, 0) is 0 Å². The van der Waals surface area contributed by atoms with Crippen LogP contribution in [0.15, 0.2) is 23.1 Å². The summed E-state index contributed by atoms with van der Waals surface area (Å²) in [6.45, 7) is 3.57. The van der Waals surface area contributed by atoms with Gasteiger partial charge in [0.15, 0.2) is 0 Å². The second-order valence-electron chi connectivity index (χ2n) is 5.69. The lowest BCUT2D eigenvalue weighted by Crippen LogP contribution is -2.41. The summed E-state index contributed by atoms with van der Waals surface area (Å²) in [6.07, 6.45) is 5.48. The van der Waals surface area contributed by atoms with Gasteiger partial charge in [-0.05, 0) is 37.0 Å². The largest absolute Gasteiger partial charge is 0.399 e. The Morgan fingerprint density at radius 1 is 1.33 bits per heavy atom. The Morgan fingerprint density at radius 2 is 2.22 bits per heavy atom. The summed E-state index contributed by atoms with van der Waals surface area (Å²) in [5.74, 6) is 2.09. The zero-order valence-electron chi connectivity index (χ0n) is 11.1. The van der Waals surface area contributed by atoms with E-state index in [0.717, 1.165) is 17.6 Å². The van der Waals surface area contributed by atoms with Crippen LogP contribution < -0.4 is 10.6 Å². The van der Waals surface area contributed by atoms with Crippen molar-refractivity contribution in [2.75, 3.05) is 22.9 Å². The number of thioether (sulfide) groups is 1. The van der Waals surface area contributed by atoms with Crippen LogP contribution in [-0.4, -0.2) is 18.3 Å². The molecule has 0 spiro atoms. The van der Waals surface area contributed by atoms with Crippen molar-refractivity contribution in [1.82, 2.24) is 0 Å². The first-order valence-corrected chi connectivity index (χ1v) is 8.01. The van der Waals surface area contributed by atoms with E-state index in [0.29, 0.717) is 0 Å². The van der Waals surface area contributed by atoms with Gasteiger partial charge in [0.1, 0.15) is 0 Å². The minimum absolute atomic E-state index is 0.732. The van der Waals surface area contributed by atoms with Gasteiger partial charge in [0.05, 0.1) is 5.69 Å². The molecule has 2 nitrogen and oxygen atoms in total. The third-order valence-electron chi connectivity index (χ3n) is 4.23. The predicted molar refractivity (Wildman–Crippen MR) is 80.3 cm³/mol. The van der Waals surface area contributed by atoms with Gasteiger partial charge in [-0.3, -0.25) is 0 Å². The fourth-order valence-electron chi connectivity index (χ4n) is 3.32. The van der Waals surface area contributed by atoms with E-state index in [1.807, 2.05) is 17.8 Å². The highest BCUT2D eigenvalue weighted by Gasteiger charge is 2.28. The molecule has 2 unspecified atom stereocenters. The fourth-order valence-corrected chi connectivity index (χ4v) is 4.32. The smallest absolute Gasteiger partial charge is 0.0527 e. The summed E-state index contributed by atoms with van der Waals surface area (Å²) >= 11 is 1.97. The normalized spacial score (nSPS) is 27.9. The number of nitrogens with zero attached hydrogens (tertiary/aromatic N) is 1. The molecule has 2 aliphatic rings. The van der Waals surface area contributed by atoms with Gasteiger partial charge in [-0.25, -0.2) is 0 Å². The van der Waals surface area contributed by atoms with Crippen molar-refractivity contribution in [3.63, 3.8) is 0 Å². The zero-order chi connectivity index (χ0) is 12.5. The van der Waals surface area contributed by atoms with Crippen molar-refractivity contribution < 1.29 is 0 Å². The van der Waals surface area contributed by atoms with Crippen LogP contribution >= 0.6 is 11.8 Å². The molecular weight excluding hydrogens is 240 g/mol. The molecule has 0 saturated heterocycles. The van der Waals surface area contributed by atoms with Crippen LogP contribution in [0, 0.1) is 5.92 Å². The second-order valence-corrected chi connectivity index (χ2v) is 6.83. The Morgan fingerprint density at radius 3 is 3.06 bits per heavy atom. The number of nitrogens with two attached hydrogens (primary N) is 1. The second kappa shape index (κ2) is 5.04. The highest BCUT2D eigenvalue weighted by molar-refractivity contribution is 7.99. The van der Waals surface area contributed by atoms with Crippen molar-refractivity contribution in [2.24, 2.45) is 5.92 Å². The molecule has 3 rings (SSSR count). The number of rotatable bonds is 1. The summed E-state index contributed by atoms with van der Waals surface area (Å²) in [5, 5.41) is 0. The van der Waals surface area contributed by atoms with Gasteiger partial charge in [0, 0.05) is 28.9 Å². The molecule has 1 aromatic carbocycles. The summed E-state index contributed by atoms with van der Waals surface area (Å²) in [7, 11) is 0. The summed E-state index contributed by atoms with van der Waals surface area (Å²) in [5.41, 5.74) is 8.24. The minimum atomic E-state index is 0.732. The van der Waals surface area contributed by atoms with Gasteiger partial charge in [-0.1, -0.05) is 19.8 Å². The molecule has 0 bridgehead atoms. The molecule has 98 valence electrons. The van der Waals surface area contributed by atoms with Gasteiger partial charge >= 0.3 is 0 Å². The van der Waals surface area contributed by atoms with E-state index >= 15 is 0 Å². The number of nitrogen functional groups attached to an aromatic ring is 1. The molecule has 2 atom stereocenters. The van der Waals surface area contributed by atoms with Crippen molar-refractivity contribution >= 4 is 23.1 Å². The van der Waals surface area contributed by atoms with E-state index in [1.165, 1.54) is 48.6 Å². The highest BCUT2D eigenvalue weighted by atomic mass is 32.2. The van der Waals surface area contributed by atoms with Crippen molar-refractivity contribution in [2.45, 2.75) is 43.5 Å². The zero-order valence-corrected chi connectivity index (χ0v) is 11.9. The molecule has 1 saturated carbocycles. The SMILES string of the molecule is CC1CCCC(N2CCSc3ccc(N)cc32)C1. The van der Waals surface area contributed by atoms with E-state index in [4.69, 9.17) is 5.73 Å². The van der Waals surface area contributed by atoms with Gasteiger partial charge < -0.3 is 10.6 Å². The lowest BCUT2D eigenvalue weighted by molar-refractivity contribution is 0.330. The van der Waals surface area contributed by atoms with Crippen molar-refractivity contribution in [3.05, 3.63) is 18.2 Å². The number of benzene rings is 1. The Bertz CT molecular complexity index is 433. The minimum Gasteiger partial charge on any atom is -0.399 e. The van der Waals surface area contributed by atoms with E-state index in [9.17, 15) is 0 Å². The molecule has 1 aromatic rings. The average Bonchev–Trinajstić information content (AvgIpc) is 2.38. The Labute approximate surface area is 114 Å².